The van der Waals surface area contributed by atoms with Gasteiger partial charge in [0.2, 0.25) is 0 Å². The molecule has 5 rings (SSSR count). The van der Waals surface area contributed by atoms with Gasteiger partial charge in [-0.1, -0.05) is 12.1 Å². The third-order valence-electron chi connectivity index (χ3n) is 4.86. The summed E-state index contributed by atoms with van der Waals surface area (Å²) < 4.78 is 0. The fraction of sp³-hybridized carbons (Fsp3) is 0. The van der Waals surface area contributed by atoms with Crippen LogP contribution in [0.2, 0.25) is 0 Å². The molecule has 6 heteroatoms. The smallest absolute Gasteiger partial charge is 0.196 e. The number of nitrogens with zero attached hydrogens (tertiary/aromatic N) is 3. The van der Waals surface area contributed by atoms with Gasteiger partial charge in [-0.05, 0) is 65.4 Å². The highest BCUT2D eigenvalue weighted by Crippen LogP contribution is 2.29. The molecular weight excluding hydrogens is 362 g/mol. The van der Waals surface area contributed by atoms with Crippen molar-refractivity contribution in [1.29, 1.82) is 0 Å². The molecule has 0 radical (unpaired) electrons. The van der Waals surface area contributed by atoms with Crippen molar-refractivity contribution in [2.45, 2.75) is 0 Å². The van der Waals surface area contributed by atoms with Crippen LogP contribution in [0.5, 0.6) is 5.88 Å². The molecule has 0 unspecified atom stereocenters. The van der Waals surface area contributed by atoms with E-state index >= 15 is 0 Å². The van der Waals surface area contributed by atoms with E-state index < -0.39 is 0 Å². The van der Waals surface area contributed by atoms with E-state index in [0.717, 1.165) is 38.3 Å². The maximum Gasteiger partial charge on any atom is 0.196 e. The Morgan fingerprint density at radius 1 is 0.931 bits per heavy atom. The number of azo groups is 1. The third-order valence-corrected chi connectivity index (χ3v) is 4.86. The zero-order chi connectivity index (χ0) is 19.8. The topological polar surface area (TPSA) is 99.7 Å². The summed E-state index contributed by atoms with van der Waals surface area (Å²) in [6, 6.07) is 15.3. The summed E-state index contributed by atoms with van der Waals surface area (Å²) in [5.41, 5.74) is 10.7. The number of nitrogens with one attached hydrogen (secondary N) is 1. The molecule has 0 saturated carbocycles. The van der Waals surface area contributed by atoms with Crippen molar-refractivity contribution < 1.29 is 5.11 Å². The minimum absolute atomic E-state index is 0.111. The van der Waals surface area contributed by atoms with Gasteiger partial charge >= 0.3 is 0 Å². The average molecular weight is 379 g/mol. The highest BCUT2D eigenvalue weighted by molar-refractivity contribution is 5.93. The highest BCUT2D eigenvalue weighted by Gasteiger charge is 2.10. The van der Waals surface area contributed by atoms with Crippen molar-refractivity contribution in [2.24, 2.45) is 10.2 Å². The van der Waals surface area contributed by atoms with Crippen LogP contribution in [0.1, 0.15) is 11.1 Å². The molecule has 1 aliphatic heterocycles. The van der Waals surface area contributed by atoms with Gasteiger partial charge in [0, 0.05) is 39.8 Å². The lowest BCUT2D eigenvalue weighted by atomic mass is 10.1. The maximum absolute atomic E-state index is 10.3. The molecule has 0 aliphatic carbocycles. The number of pyridine rings is 1. The number of hydrogen-bond donors (Lipinski definition) is 3. The monoisotopic (exact) mass is 379 g/mol. The van der Waals surface area contributed by atoms with E-state index in [9.17, 15) is 5.11 Å². The van der Waals surface area contributed by atoms with Crippen molar-refractivity contribution in [3.63, 3.8) is 0 Å². The number of fused-ring (bicyclic) bond motifs is 2. The molecule has 0 saturated heterocycles. The van der Waals surface area contributed by atoms with Crippen LogP contribution in [-0.2, 0) is 0 Å². The maximum atomic E-state index is 10.3. The summed E-state index contributed by atoms with van der Waals surface area (Å²) in [5, 5.41) is 21.7. The second-order valence-electron chi connectivity index (χ2n) is 6.81. The molecule has 4 aromatic rings. The van der Waals surface area contributed by atoms with Crippen LogP contribution in [0.15, 0.2) is 77.2 Å². The Labute approximate surface area is 166 Å². The molecule has 29 heavy (non-hydrogen) atoms. The van der Waals surface area contributed by atoms with Crippen LogP contribution in [-0.4, -0.2) is 15.1 Å². The molecule has 0 fully saturated rings. The number of rotatable bonds is 3. The summed E-state index contributed by atoms with van der Waals surface area (Å²) in [5.74, 6) is 0.111. The van der Waals surface area contributed by atoms with Gasteiger partial charge in [0.05, 0.1) is 11.4 Å². The summed E-state index contributed by atoms with van der Waals surface area (Å²) in [7, 11) is 0. The Kier molecular flexibility index (Phi) is 3.95. The fourth-order valence-corrected chi connectivity index (χ4v) is 3.40. The number of aromatic amines is 1. The Morgan fingerprint density at radius 2 is 1.79 bits per heavy atom. The van der Waals surface area contributed by atoms with Crippen molar-refractivity contribution >= 4 is 40.1 Å². The molecule has 0 spiro atoms. The molecule has 1 aliphatic rings. The Balaban J connectivity index is 1.57. The number of benzene rings is 2. The number of anilines is 1. The lowest BCUT2D eigenvalue weighted by Gasteiger charge is -1.96. The molecule has 2 aromatic heterocycles. The molecule has 3 heterocycles. The molecule has 6 nitrogen and oxygen atoms in total. The van der Waals surface area contributed by atoms with Crippen LogP contribution >= 0.6 is 0 Å². The first-order valence-corrected chi connectivity index (χ1v) is 9.13. The van der Waals surface area contributed by atoms with Crippen molar-refractivity contribution in [1.82, 2.24) is 9.97 Å². The molecule has 0 atom stereocenters. The van der Waals surface area contributed by atoms with Gasteiger partial charge in [-0.15, -0.1) is 10.2 Å². The first-order valence-electron chi connectivity index (χ1n) is 9.13. The zero-order valence-electron chi connectivity index (χ0n) is 15.4. The van der Waals surface area contributed by atoms with Gasteiger partial charge in [0.1, 0.15) is 0 Å². The van der Waals surface area contributed by atoms with Crippen LogP contribution in [0.25, 0.3) is 28.8 Å². The van der Waals surface area contributed by atoms with Crippen molar-refractivity contribution in [3.05, 3.63) is 88.6 Å². The summed E-state index contributed by atoms with van der Waals surface area (Å²) in [4.78, 5) is 6.99. The number of hydrogen-bond acceptors (Lipinski definition) is 5. The predicted octanol–water partition coefficient (Wildman–Crippen LogP) is 3.60. The number of H-pyrrole nitrogens is 1. The van der Waals surface area contributed by atoms with Gasteiger partial charge in [-0.3, -0.25) is 4.98 Å². The third kappa shape index (κ3) is 3.17. The molecule has 0 amide bonds. The first kappa shape index (κ1) is 16.9. The fourth-order valence-electron chi connectivity index (χ4n) is 3.40. The second-order valence-corrected chi connectivity index (χ2v) is 6.81. The number of nitrogens with two attached hydrogens (primary N) is 1. The molecule has 2 aromatic carbocycles. The standard InChI is InChI=1S/C23H17N5O/c24-16-3-6-20-18(13-16)19(23(29)26-20)11-15-1-4-17-21(27-28-22(17)12-15)5-2-14-7-9-25-10-8-14/h1-13,26,29H,24H2/b5-2+,15-11?. The average Bonchev–Trinajstić information content (AvgIpc) is 3.28. The summed E-state index contributed by atoms with van der Waals surface area (Å²) in [6.45, 7) is 0. The quantitative estimate of drug-likeness (QED) is 0.474. The van der Waals surface area contributed by atoms with E-state index in [4.69, 9.17) is 5.73 Å². The van der Waals surface area contributed by atoms with E-state index in [1.165, 1.54) is 0 Å². The van der Waals surface area contributed by atoms with Crippen molar-refractivity contribution in [2.75, 3.05) is 5.73 Å². The normalized spacial score (nSPS) is 13.7. The molecular formula is C23H17N5O. The van der Waals surface area contributed by atoms with E-state index in [1.807, 2.05) is 60.7 Å². The lowest BCUT2D eigenvalue weighted by Crippen LogP contribution is -2.08. The molecule has 0 bridgehead atoms. The largest absolute Gasteiger partial charge is 0.494 e. The Morgan fingerprint density at radius 3 is 2.66 bits per heavy atom. The minimum atomic E-state index is 0.111. The minimum Gasteiger partial charge on any atom is -0.494 e. The number of aromatic hydroxyl groups is 1. The van der Waals surface area contributed by atoms with Gasteiger partial charge in [-0.2, -0.15) is 0 Å². The van der Waals surface area contributed by atoms with E-state index in [-0.39, 0.29) is 5.88 Å². The second kappa shape index (κ2) is 6.76. The number of aromatic nitrogens is 2. The van der Waals surface area contributed by atoms with Gasteiger partial charge in [0.25, 0.3) is 0 Å². The highest BCUT2D eigenvalue weighted by atomic mass is 16.3. The lowest BCUT2D eigenvalue weighted by molar-refractivity contribution is 0.457. The summed E-state index contributed by atoms with van der Waals surface area (Å²) >= 11 is 0. The molecule has 4 N–H and O–H groups in total. The number of nitrogen functional groups attached to an aromatic ring is 1. The van der Waals surface area contributed by atoms with Gasteiger partial charge in [-0.25, -0.2) is 0 Å². The van der Waals surface area contributed by atoms with Crippen LogP contribution in [0.3, 0.4) is 0 Å². The Hall–Kier alpha value is -4.19. The summed E-state index contributed by atoms with van der Waals surface area (Å²) in [6.07, 6.45) is 9.35. The Bertz CT molecular complexity index is 1420. The SMILES string of the molecule is Nc1ccc2[nH]c(O)c(C=c3ccc4c(c3)N=NC=4/C=C/c3ccncc3)c2c1. The molecule has 140 valence electrons. The zero-order valence-corrected chi connectivity index (χ0v) is 15.4. The van der Waals surface area contributed by atoms with E-state index in [0.29, 0.717) is 11.3 Å². The van der Waals surface area contributed by atoms with E-state index in [2.05, 4.69) is 20.2 Å². The predicted molar refractivity (Wildman–Crippen MR) is 115 cm³/mol. The van der Waals surface area contributed by atoms with Crippen molar-refractivity contribution in [3.8, 4) is 5.88 Å². The van der Waals surface area contributed by atoms with Gasteiger partial charge < -0.3 is 15.8 Å². The van der Waals surface area contributed by atoms with Crippen LogP contribution < -0.4 is 16.2 Å². The van der Waals surface area contributed by atoms with Gasteiger partial charge in [0.15, 0.2) is 5.88 Å². The van der Waals surface area contributed by atoms with Crippen LogP contribution in [0.4, 0.5) is 11.4 Å². The first-order chi connectivity index (χ1) is 14.2. The van der Waals surface area contributed by atoms with E-state index in [1.54, 1.807) is 18.5 Å². The van der Waals surface area contributed by atoms with Crippen LogP contribution in [0, 0.1) is 0 Å².